The second kappa shape index (κ2) is 8.41. The molecule has 0 bridgehead atoms. The van der Waals surface area contributed by atoms with Gasteiger partial charge in [0, 0.05) is 18.2 Å². The molecule has 0 saturated heterocycles. The molecule has 138 valence electrons. The number of hydrogen-bond donors (Lipinski definition) is 3. The van der Waals surface area contributed by atoms with Gasteiger partial charge in [0.25, 0.3) is 0 Å². The number of nitrogens with two attached hydrogens (primary N) is 1. The maximum absolute atomic E-state index is 12.2. The topological polar surface area (TPSA) is 128 Å². The summed E-state index contributed by atoms with van der Waals surface area (Å²) in [5.74, 6) is -0.728. The summed E-state index contributed by atoms with van der Waals surface area (Å²) in [7, 11) is -2.71. The standard InChI is InChI=1S/C16H23N3O5S/c1-24-16(21)10-18-25(22,23)13-6-3-5-12(9-13)19-15(20)8-11-4-2-7-14(11)17/h3,5-6,9,11,14,18H,2,4,7-8,10,17H2,1H3,(H,19,20)/t11-,14+/m0/s1. The molecule has 1 aromatic carbocycles. The van der Waals surface area contributed by atoms with Gasteiger partial charge in [0.2, 0.25) is 15.9 Å². The number of hydrogen-bond acceptors (Lipinski definition) is 6. The van der Waals surface area contributed by atoms with Gasteiger partial charge < -0.3 is 15.8 Å². The van der Waals surface area contributed by atoms with E-state index >= 15 is 0 Å². The van der Waals surface area contributed by atoms with Gasteiger partial charge in [0.05, 0.1) is 12.0 Å². The minimum absolute atomic E-state index is 0.0417. The number of amides is 1. The Bertz CT molecular complexity index is 735. The lowest BCUT2D eigenvalue weighted by atomic mass is 10.00. The van der Waals surface area contributed by atoms with Gasteiger partial charge in [0.15, 0.2) is 0 Å². The highest BCUT2D eigenvalue weighted by atomic mass is 32.2. The maximum atomic E-state index is 12.2. The van der Waals surface area contributed by atoms with E-state index in [1.807, 2.05) is 0 Å². The zero-order valence-electron chi connectivity index (χ0n) is 14.0. The fraction of sp³-hybridized carbons (Fsp3) is 0.500. The molecule has 0 aromatic heterocycles. The predicted octanol–water partition coefficient (Wildman–Crippen LogP) is 0.594. The van der Waals surface area contributed by atoms with E-state index in [0.29, 0.717) is 12.1 Å². The Morgan fingerprint density at radius 1 is 1.32 bits per heavy atom. The molecular weight excluding hydrogens is 346 g/mol. The Kier molecular flexibility index (Phi) is 6.51. The molecular formula is C16H23N3O5S. The van der Waals surface area contributed by atoms with Gasteiger partial charge in [-0.2, -0.15) is 4.72 Å². The van der Waals surface area contributed by atoms with E-state index in [1.165, 1.54) is 25.3 Å². The summed E-state index contributed by atoms with van der Waals surface area (Å²) in [6.45, 7) is -0.463. The lowest BCUT2D eigenvalue weighted by molar-refractivity contribution is -0.139. The summed E-state index contributed by atoms with van der Waals surface area (Å²) < 4.78 is 30.9. The van der Waals surface area contributed by atoms with Crippen LogP contribution in [0.3, 0.4) is 0 Å². The number of methoxy groups -OCH3 is 1. The fourth-order valence-corrected chi connectivity index (χ4v) is 3.83. The Morgan fingerprint density at radius 3 is 2.72 bits per heavy atom. The quantitative estimate of drug-likeness (QED) is 0.604. The van der Waals surface area contributed by atoms with Gasteiger partial charge in [-0.25, -0.2) is 8.42 Å². The Hall–Kier alpha value is -1.97. The SMILES string of the molecule is COC(=O)CNS(=O)(=O)c1cccc(NC(=O)C[C@@H]2CCC[C@H]2N)c1. The molecule has 9 heteroatoms. The van der Waals surface area contributed by atoms with Crippen molar-refractivity contribution in [1.82, 2.24) is 4.72 Å². The third-order valence-electron chi connectivity index (χ3n) is 4.23. The van der Waals surface area contributed by atoms with E-state index in [2.05, 4.69) is 14.8 Å². The lowest BCUT2D eigenvalue weighted by Gasteiger charge is -2.15. The van der Waals surface area contributed by atoms with Gasteiger partial charge >= 0.3 is 5.97 Å². The summed E-state index contributed by atoms with van der Waals surface area (Å²) in [5.41, 5.74) is 6.34. The highest BCUT2D eigenvalue weighted by molar-refractivity contribution is 7.89. The Morgan fingerprint density at radius 2 is 2.08 bits per heavy atom. The lowest BCUT2D eigenvalue weighted by Crippen LogP contribution is -2.30. The van der Waals surface area contributed by atoms with Crippen molar-refractivity contribution in [2.24, 2.45) is 11.7 Å². The van der Waals surface area contributed by atoms with Crippen LogP contribution in [0.25, 0.3) is 0 Å². The molecule has 1 aliphatic rings. The van der Waals surface area contributed by atoms with Crippen molar-refractivity contribution in [3.8, 4) is 0 Å². The van der Waals surface area contributed by atoms with Crippen molar-refractivity contribution >= 4 is 27.6 Å². The second-order valence-corrected chi connectivity index (χ2v) is 7.80. The number of anilines is 1. The number of benzene rings is 1. The van der Waals surface area contributed by atoms with Crippen LogP contribution in [0, 0.1) is 5.92 Å². The van der Waals surface area contributed by atoms with E-state index < -0.39 is 22.5 Å². The molecule has 8 nitrogen and oxygen atoms in total. The molecule has 2 atom stereocenters. The minimum atomic E-state index is -3.88. The smallest absolute Gasteiger partial charge is 0.320 e. The summed E-state index contributed by atoms with van der Waals surface area (Å²) in [5, 5.41) is 2.70. The number of nitrogens with one attached hydrogen (secondary N) is 2. The third-order valence-corrected chi connectivity index (χ3v) is 5.63. The van der Waals surface area contributed by atoms with E-state index in [-0.39, 0.29) is 22.8 Å². The first-order chi connectivity index (χ1) is 11.8. The molecule has 1 saturated carbocycles. The zero-order valence-corrected chi connectivity index (χ0v) is 14.8. The first-order valence-electron chi connectivity index (χ1n) is 8.04. The van der Waals surface area contributed by atoms with E-state index in [0.717, 1.165) is 19.3 Å². The number of rotatable bonds is 7. The van der Waals surface area contributed by atoms with Crippen molar-refractivity contribution in [1.29, 1.82) is 0 Å². The maximum Gasteiger partial charge on any atom is 0.320 e. The monoisotopic (exact) mass is 369 g/mol. The van der Waals surface area contributed by atoms with Crippen molar-refractivity contribution in [2.75, 3.05) is 19.0 Å². The van der Waals surface area contributed by atoms with Crippen LogP contribution in [0.15, 0.2) is 29.2 Å². The fourth-order valence-electron chi connectivity index (χ4n) is 2.82. The average Bonchev–Trinajstić information content (AvgIpc) is 2.97. The van der Waals surface area contributed by atoms with Crippen LogP contribution in [-0.2, 0) is 24.3 Å². The molecule has 25 heavy (non-hydrogen) atoms. The molecule has 2 rings (SSSR count). The second-order valence-electron chi connectivity index (χ2n) is 6.04. The third kappa shape index (κ3) is 5.52. The zero-order chi connectivity index (χ0) is 18.4. The molecule has 1 amide bonds. The summed E-state index contributed by atoms with van der Waals surface area (Å²) in [4.78, 5) is 23.2. The molecule has 0 radical (unpaired) electrons. The highest BCUT2D eigenvalue weighted by Crippen LogP contribution is 2.27. The summed E-state index contributed by atoms with van der Waals surface area (Å²) in [6, 6.07) is 5.88. The van der Waals surface area contributed by atoms with Crippen molar-refractivity contribution in [3.63, 3.8) is 0 Å². The van der Waals surface area contributed by atoms with Crippen molar-refractivity contribution in [3.05, 3.63) is 24.3 Å². The van der Waals surface area contributed by atoms with Crippen LogP contribution < -0.4 is 15.8 Å². The number of carbonyl (C=O) groups is 2. The van der Waals surface area contributed by atoms with E-state index in [4.69, 9.17) is 5.73 Å². The van der Waals surface area contributed by atoms with Crippen LogP contribution in [-0.4, -0.2) is 40.0 Å². The summed E-state index contributed by atoms with van der Waals surface area (Å²) >= 11 is 0. The van der Waals surface area contributed by atoms with Gasteiger partial charge in [0.1, 0.15) is 6.54 Å². The largest absolute Gasteiger partial charge is 0.468 e. The van der Waals surface area contributed by atoms with Gasteiger partial charge in [-0.05, 0) is 37.0 Å². The molecule has 0 unspecified atom stereocenters. The Balaban J connectivity index is 2.00. The van der Waals surface area contributed by atoms with Crippen LogP contribution in [0.2, 0.25) is 0 Å². The molecule has 1 fully saturated rings. The van der Waals surface area contributed by atoms with E-state index in [9.17, 15) is 18.0 Å². The number of esters is 1. The molecule has 0 spiro atoms. The number of carbonyl (C=O) groups excluding carboxylic acids is 2. The van der Waals surface area contributed by atoms with Crippen LogP contribution in [0.5, 0.6) is 0 Å². The first kappa shape index (κ1) is 19.4. The molecule has 1 aromatic rings. The van der Waals surface area contributed by atoms with Gasteiger partial charge in [-0.3, -0.25) is 9.59 Å². The Labute approximate surface area is 147 Å². The summed E-state index contributed by atoms with van der Waals surface area (Å²) in [6.07, 6.45) is 3.20. The predicted molar refractivity (Wildman–Crippen MR) is 92.2 cm³/mol. The van der Waals surface area contributed by atoms with E-state index in [1.54, 1.807) is 6.07 Å². The normalized spacial score (nSPS) is 20.2. The van der Waals surface area contributed by atoms with Crippen molar-refractivity contribution < 1.29 is 22.7 Å². The molecule has 0 aliphatic heterocycles. The van der Waals surface area contributed by atoms with Gasteiger partial charge in [-0.1, -0.05) is 12.5 Å². The van der Waals surface area contributed by atoms with Crippen LogP contribution in [0.4, 0.5) is 5.69 Å². The molecule has 1 aliphatic carbocycles. The number of sulfonamides is 1. The minimum Gasteiger partial charge on any atom is -0.468 e. The first-order valence-corrected chi connectivity index (χ1v) is 9.52. The highest BCUT2D eigenvalue weighted by Gasteiger charge is 2.26. The van der Waals surface area contributed by atoms with Gasteiger partial charge in [-0.15, -0.1) is 0 Å². The molecule has 0 heterocycles. The average molecular weight is 369 g/mol. The number of ether oxygens (including phenoxy) is 1. The van der Waals surface area contributed by atoms with Crippen LogP contribution >= 0.6 is 0 Å². The molecule has 4 N–H and O–H groups in total. The van der Waals surface area contributed by atoms with Crippen LogP contribution in [0.1, 0.15) is 25.7 Å². The van der Waals surface area contributed by atoms with Crippen molar-refractivity contribution in [2.45, 2.75) is 36.6 Å².